The highest BCUT2D eigenvalue weighted by atomic mass is 16.3. The number of azo groups is 1. The van der Waals surface area contributed by atoms with Crippen LogP contribution in [0.4, 0.5) is 11.6 Å². The van der Waals surface area contributed by atoms with E-state index in [2.05, 4.69) is 30.9 Å². The third-order valence-corrected chi connectivity index (χ3v) is 1.47. The Labute approximate surface area is 85.3 Å². The van der Waals surface area contributed by atoms with Crippen molar-refractivity contribution in [2.24, 2.45) is 10.2 Å². The van der Waals surface area contributed by atoms with Crippen molar-refractivity contribution in [1.82, 2.24) is 30.6 Å². The predicted molar refractivity (Wildman–Crippen MR) is 47.7 cm³/mol. The first-order chi connectivity index (χ1) is 7.66. The largest absolute Gasteiger partial charge is 0.493 e. The standard InChI is InChI=1S/C5H4N8O3/c14-2-1(3(15)7-5(16)6-2)8-9-4-10-12-13-11-4/h(H,10,11,12,13)(H3,6,7,14,15,16). The maximum absolute atomic E-state index is 11.2. The molecule has 0 aliphatic rings. The molecule has 2 aromatic rings. The first kappa shape index (κ1) is 9.70. The summed E-state index contributed by atoms with van der Waals surface area (Å²) in [6, 6.07) is 0. The molecule has 0 saturated carbocycles. The zero-order valence-corrected chi connectivity index (χ0v) is 7.50. The first-order valence-corrected chi connectivity index (χ1v) is 3.87. The lowest BCUT2D eigenvalue weighted by molar-refractivity contribution is 0.450. The molecular weight excluding hydrogens is 220 g/mol. The Hall–Kier alpha value is -2.85. The van der Waals surface area contributed by atoms with Gasteiger partial charge in [0.05, 0.1) is 0 Å². The van der Waals surface area contributed by atoms with Crippen molar-refractivity contribution in [3.05, 3.63) is 20.8 Å². The van der Waals surface area contributed by atoms with Crippen LogP contribution in [-0.4, -0.2) is 35.7 Å². The van der Waals surface area contributed by atoms with Crippen LogP contribution in [0.5, 0.6) is 5.88 Å². The predicted octanol–water partition coefficient (Wildman–Crippen LogP) is -1.30. The highest BCUT2D eigenvalue weighted by molar-refractivity contribution is 5.42. The average Bonchev–Trinajstić information content (AvgIpc) is 2.68. The van der Waals surface area contributed by atoms with Gasteiger partial charge in [-0.25, -0.2) is 4.79 Å². The smallest absolute Gasteiger partial charge is 0.328 e. The first-order valence-electron chi connectivity index (χ1n) is 3.87. The molecule has 0 aromatic carbocycles. The average molecular weight is 224 g/mol. The second-order valence-corrected chi connectivity index (χ2v) is 2.52. The second-order valence-electron chi connectivity index (χ2n) is 2.52. The number of rotatable bonds is 2. The molecule has 11 heteroatoms. The van der Waals surface area contributed by atoms with Gasteiger partial charge in [-0.3, -0.25) is 14.8 Å². The van der Waals surface area contributed by atoms with E-state index in [-0.39, 0.29) is 5.95 Å². The Balaban J connectivity index is 2.43. The maximum Gasteiger partial charge on any atom is 0.328 e. The van der Waals surface area contributed by atoms with Crippen LogP contribution >= 0.6 is 0 Å². The van der Waals surface area contributed by atoms with E-state index in [0.717, 1.165) is 0 Å². The monoisotopic (exact) mass is 224 g/mol. The number of tetrazole rings is 1. The molecule has 0 aliphatic carbocycles. The Kier molecular flexibility index (Phi) is 2.25. The molecule has 11 nitrogen and oxygen atoms in total. The van der Waals surface area contributed by atoms with Gasteiger partial charge in [0.25, 0.3) is 5.56 Å². The summed E-state index contributed by atoms with van der Waals surface area (Å²) in [7, 11) is 0. The fraction of sp³-hybridized carbons (Fsp3) is 0. The summed E-state index contributed by atoms with van der Waals surface area (Å²) in [5.41, 5.74) is -2.18. The zero-order valence-electron chi connectivity index (χ0n) is 7.50. The van der Waals surface area contributed by atoms with Crippen LogP contribution in [0.25, 0.3) is 0 Å². The molecule has 2 aromatic heterocycles. The summed E-state index contributed by atoms with van der Waals surface area (Å²) >= 11 is 0. The lowest BCUT2D eigenvalue weighted by Crippen LogP contribution is -2.20. The Bertz CT molecular complexity index is 622. The van der Waals surface area contributed by atoms with Crippen molar-refractivity contribution in [1.29, 1.82) is 0 Å². The molecule has 0 amide bonds. The van der Waals surface area contributed by atoms with Crippen LogP contribution in [0, 0.1) is 0 Å². The third kappa shape index (κ3) is 1.82. The normalized spacial score (nSPS) is 11.0. The summed E-state index contributed by atoms with van der Waals surface area (Å²) < 4.78 is 0. The number of aromatic hydroxyl groups is 1. The lowest BCUT2D eigenvalue weighted by Gasteiger charge is -1.93. The number of aromatic nitrogens is 6. The third-order valence-electron chi connectivity index (χ3n) is 1.47. The van der Waals surface area contributed by atoms with E-state index in [9.17, 15) is 14.7 Å². The summed E-state index contributed by atoms with van der Waals surface area (Å²) in [6.45, 7) is 0. The van der Waals surface area contributed by atoms with Crippen LogP contribution in [-0.2, 0) is 0 Å². The van der Waals surface area contributed by atoms with Gasteiger partial charge in [0.2, 0.25) is 11.6 Å². The summed E-state index contributed by atoms with van der Waals surface area (Å²) in [5, 5.41) is 28.1. The van der Waals surface area contributed by atoms with Gasteiger partial charge < -0.3 is 5.11 Å². The molecule has 0 aliphatic heterocycles. The van der Waals surface area contributed by atoms with Crippen LogP contribution in [0.3, 0.4) is 0 Å². The van der Waals surface area contributed by atoms with Gasteiger partial charge in [-0.05, 0) is 5.21 Å². The highest BCUT2D eigenvalue weighted by Gasteiger charge is 2.07. The number of nitrogens with zero attached hydrogens (tertiary/aromatic N) is 5. The van der Waals surface area contributed by atoms with E-state index >= 15 is 0 Å². The minimum absolute atomic E-state index is 0.120. The van der Waals surface area contributed by atoms with Crippen LogP contribution in [0.2, 0.25) is 0 Å². The van der Waals surface area contributed by atoms with Crippen molar-refractivity contribution >= 4 is 11.6 Å². The van der Waals surface area contributed by atoms with Crippen molar-refractivity contribution in [3.8, 4) is 5.88 Å². The zero-order chi connectivity index (χ0) is 11.5. The summed E-state index contributed by atoms with van der Waals surface area (Å²) in [5.74, 6) is -0.814. The van der Waals surface area contributed by atoms with Gasteiger partial charge in [-0.2, -0.15) is 5.21 Å². The van der Waals surface area contributed by atoms with E-state index < -0.39 is 22.8 Å². The minimum Gasteiger partial charge on any atom is -0.493 e. The second kappa shape index (κ2) is 3.72. The molecule has 0 spiro atoms. The SMILES string of the molecule is O=c1[nH]c(O)c(N=Nc2nn[nH]n2)c(=O)[nH]1. The van der Waals surface area contributed by atoms with E-state index in [1.165, 1.54) is 0 Å². The minimum atomic E-state index is -0.881. The van der Waals surface area contributed by atoms with Crippen molar-refractivity contribution in [2.45, 2.75) is 0 Å². The molecule has 16 heavy (non-hydrogen) atoms. The van der Waals surface area contributed by atoms with Gasteiger partial charge >= 0.3 is 11.6 Å². The molecular formula is C5H4N8O3. The van der Waals surface area contributed by atoms with Crippen LogP contribution in [0.15, 0.2) is 19.8 Å². The molecule has 0 saturated heterocycles. The quantitative estimate of drug-likeness (QED) is 0.462. The van der Waals surface area contributed by atoms with Gasteiger partial charge in [0.1, 0.15) is 0 Å². The lowest BCUT2D eigenvalue weighted by atomic mass is 10.5. The van der Waals surface area contributed by atoms with Gasteiger partial charge in [-0.15, -0.1) is 15.3 Å². The van der Waals surface area contributed by atoms with Crippen LogP contribution in [0.1, 0.15) is 0 Å². The number of H-pyrrole nitrogens is 3. The van der Waals surface area contributed by atoms with E-state index in [1.807, 2.05) is 9.97 Å². The fourth-order valence-corrected chi connectivity index (χ4v) is 0.854. The maximum atomic E-state index is 11.2. The Morgan fingerprint density at radius 2 is 2.00 bits per heavy atom. The molecule has 0 radical (unpaired) electrons. The van der Waals surface area contributed by atoms with Crippen molar-refractivity contribution in [2.75, 3.05) is 0 Å². The molecule has 0 fully saturated rings. The number of hydrogen-bond donors (Lipinski definition) is 4. The highest BCUT2D eigenvalue weighted by Crippen LogP contribution is 2.17. The van der Waals surface area contributed by atoms with E-state index in [4.69, 9.17) is 0 Å². The summed E-state index contributed by atoms with van der Waals surface area (Å²) in [6.07, 6.45) is 0. The molecule has 0 atom stereocenters. The van der Waals surface area contributed by atoms with Gasteiger partial charge in [0.15, 0.2) is 0 Å². The van der Waals surface area contributed by atoms with Crippen molar-refractivity contribution in [3.63, 3.8) is 0 Å². The Morgan fingerprint density at radius 3 is 2.62 bits per heavy atom. The Morgan fingerprint density at radius 1 is 1.19 bits per heavy atom. The molecule has 4 N–H and O–H groups in total. The number of hydrogen-bond acceptors (Lipinski definition) is 8. The fourth-order valence-electron chi connectivity index (χ4n) is 0.854. The molecule has 2 heterocycles. The topological polar surface area (TPSA) is 165 Å². The molecule has 0 unspecified atom stereocenters. The van der Waals surface area contributed by atoms with E-state index in [1.54, 1.807) is 0 Å². The van der Waals surface area contributed by atoms with Gasteiger partial charge in [-0.1, -0.05) is 5.10 Å². The summed E-state index contributed by atoms with van der Waals surface area (Å²) in [4.78, 5) is 25.7. The molecule has 0 bridgehead atoms. The van der Waals surface area contributed by atoms with Gasteiger partial charge in [0, 0.05) is 0 Å². The van der Waals surface area contributed by atoms with E-state index in [0.29, 0.717) is 0 Å². The van der Waals surface area contributed by atoms with Crippen molar-refractivity contribution < 1.29 is 5.11 Å². The number of nitrogens with one attached hydrogen (secondary N) is 3. The molecule has 82 valence electrons. The molecule has 2 rings (SSSR count). The van der Waals surface area contributed by atoms with Crippen LogP contribution < -0.4 is 11.2 Å². The number of aromatic amines is 3.